The molecule has 16 heavy (non-hydrogen) atoms. The van der Waals surface area contributed by atoms with E-state index in [2.05, 4.69) is 31.1 Å². The highest BCUT2D eigenvalue weighted by Crippen LogP contribution is 2.06. The van der Waals surface area contributed by atoms with Crippen molar-refractivity contribution in [1.82, 2.24) is 0 Å². The summed E-state index contributed by atoms with van der Waals surface area (Å²) in [5, 5.41) is 9.23. The smallest absolute Gasteiger partial charge is 0.129 e. The maximum absolute atomic E-state index is 9.23. The molecule has 0 atom stereocenters. The van der Waals surface area contributed by atoms with E-state index in [1.165, 1.54) is 0 Å². The topological polar surface area (TPSA) is 20.2 Å². The average Bonchev–Trinajstić information content (AvgIpc) is 2.24. The van der Waals surface area contributed by atoms with E-state index in [1.54, 1.807) is 0 Å². The molecule has 1 rings (SSSR count). The molecule has 2 heteroatoms. The van der Waals surface area contributed by atoms with E-state index in [0.717, 1.165) is 11.1 Å². The molecule has 0 aliphatic rings. The summed E-state index contributed by atoms with van der Waals surface area (Å²) in [5.41, 5.74) is 5.12. The normalized spacial score (nSPS) is 11.9. The van der Waals surface area contributed by atoms with E-state index in [0.29, 0.717) is 0 Å². The molecule has 0 saturated carbocycles. The minimum Gasteiger partial charge on any atom is -0.391 e. The Labute approximate surface area is 98.8 Å². The summed E-state index contributed by atoms with van der Waals surface area (Å²) in [5.74, 6) is 3.08. The summed E-state index contributed by atoms with van der Waals surface area (Å²) < 4.78 is 0. The van der Waals surface area contributed by atoms with Crippen molar-refractivity contribution in [2.75, 3.05) is 6.61 Å². The molecule has 0 aromatic heterocycles. The maximum atomic E-state index is 9.23. The molecule has 1 aromatic rings. The van der Waals surface area contributed by atoms with E-state index >= 15 is 0 Å². The fourth-order valence-electron chi connectivity index (χ4n) is 1.14. The van der Waals surface area contributed by atoms with E-state index < -0.39 is 8.07 Å². The second kappa shape index (κ2) is 5.69. The molecular weight excluding hydrogens is 212 g/mol. The van der Waals surface area contributed by atoms with Gasteiger partial charge in [0.1, 0.15) is 8.07 Å². The third-order valence-corrected chi connectivity index (χ3v) is 2.78. The van der Waals surface area contributed by atoms with E-state index in [4.69, 9.17) is 0 Å². The van der Waals surface area contributed by atoms with Gasteiger partial charge in [-0.3, -0.25) is 0 Å². The number of hydrogen-bond acceptors (Lipinski definition) is 1. The van der Waals surface area contributed by atoms with Crippen LogP contribution >= 0.6 is 0 Å². The highest BCUT2D eigenvalue weighted by atomic mass is 28.3. The van der Waals surface area contributed by atoms with Crippen molar-refractivity contribution in [2.24, 2.45) is 0 Å². The lowest BCUT2D eigenvalue weighted by atomic mass is 10.1. The molecule has 0 unspecified atom stereocenters. The van der Waals surface area contributed by atoms with Crippen LogP contribution in [-0.4, -0.2) is 19.8 Å². The van der Waals surface area contributed by atoms with Crippen LogP contribution in [0.25, 0.3) is 6.08 Å². The molecular formula is C14H18OSi. The van der Waals surface area contributed by atoms with Crippen LogP contribution in [0.2, 0.25) is 19.6 Å². The molecule has 0 aliphatic heterocycles. The van der Waals surface area contributed by atoms with Crippen LogP contribution in [0.1, 0.15) is 5.56 Å². The van der Waals surface area contributed by atoms with Crippen LogP contribution in [0.5, 0.6) is 0 Å². The van der Waals surface area contributed by atoms with Gasteiger partial charge in [0.25, 0.3) is 0 Å². The summed E-state index contributed by atoms with van der Waals surface area (Å²) >= 11 is 0. The fourth-order valence-corrected chi connectivity index (χ4v) is 1.68. The lowest BCUT2D eigenvalue weighted by Crippen LogP contribution is -2.16. The van der Waals surface area contributed by atoms with Crippen LogP contribution < -0.4 is 0 Å². The van der Waals surface area contributed by atoms with Crippen molar-refractivity contribution >= 4 is 14.1 Å². The molecule has 0 amide bonds. The van der Waals surface area contributed by atoms with Crippen LogP contribution in [0.3, 0.4) is 0 Å². The molecule has 0 fully saturated rings. The summed E-state index contributed by atoms with van der Waals surface area (Å²) in [4.78, 5) is 0. The minimum atomic E-state index is -1.37. The summed E-state index contributed by atoms with van der Waals surface area (Å²) in [7, 11) is -1.37. The van der Waals surface area contributed by atoms with Gasteiger partial charge >= 0.3 is 0 Å². The zero-order chi connectivity index (χ0) is 12.0. The Morgan fingerprint density at radius 1 is 1.25 bits per heavy atom. The molecule has 0 saturated heterocycles. The van der Waals surface area contributed by atoms with Crippen LogP contribution in [0.15, 0.2) is 35.9 Å². The second-order valence-electron chi connectivity index (χ2n) is 4.74. The zero-order valence-electron chi connectivity index (χ0n) is 10.1. The van der Waals surface area contributed by atoms with Crippen molar-refractivity contribution in [3.8, 4) is 11.5 Å². The lowest BCUT2D eigenvalue weighted by molar-refractivity contribution is 0.337. The number of aliphatic hydroxyl groups excluding tert-OH is 1. The van der Waals surface area contributed by atoms with Gasteiger partial charge < -0.3 is 5.11 Å². The summed E-state index contributed by atoms with van der Waals surface area (Å²) in [6.45, 7) is 6.58. The first kappa shape index (κ1) is 12.8. The average molecular weight is 230 g/mol. The Morgan fingerprint density at radius 3 is 2.38 bits per heavy atom. The van der Waals surface area contributed by atoms with E-state index in [1.807, 2.05) is 36.4 Å². The van der Waals surface area contributed by atoms with Crippen LogP contribution in [-0.2, 0) is 0 Å². The van der Waals surface area contributed by atoms with Crippen molar-refractivity contribution in [2.45, 2.75) is 19.6 Å². The van der Waals surface area contributed by atoms with Crippen molar-refractivity contribution in [3.63, 3.8) is 0 Å². The molecule has 0 spiro atoms. The zero-order valence-corrected chi connectivity index (χ0v) is 11.1. The van der Waals surface area contributed by atoms with Gasteiger partial charge in [0.2, 0.25) is 0 Å². The third-order valence-electron chi connectivity index (χ3n) is 1.91. The lowest BCUT2D eigenvalue weighted by Gasteiger charge is -2.04. The number of aliphatic hydroxyl groups is 1. The van der Waals surface area contributed by atoms with Crippen LogP contribution in [0.4, 0.5) is 0 Å². The second-order valence-corrected chi connectivity index (χ2v) is 9.49. The van der Waals surface area contributed by atoms with Gasteiger partial charge in [-0.15, -0.1) is 5.54 Å². The Balaban J connectivity index is 2.90. The monoisotopic (exact) mass is 230 g/mol. The fraction of sp³-hybridized carbons (Fsp3) is 0.286. The number of benzene rings is 1. The first-order valence-electron chi connectivity index (χ1n) is 5.41. The van der Waals surface area contributed by atoms with Crippen molar-refractivity contribution in [1.29, 1.82) is 0 Å². The van der Waals surface area contributed by atoms with Crippen molar-refractivity contribution in [3.05, 3.63) is 41.5 Å². The third kappa shape index (κ3) is 4.97. The van der Waals surface area contributed by atoms with Gasteiger partial charge in [0.05, 0.1) is 6.61 Å². The van der Waals surface area contributed by atoms with Gasteiger partial charge in [0, 0.05) is 5.57 Å². The molecule has 0 bridgehead atoms. The van der Waals surface area contributed by atoms with Gasteiger partial charge in [-0.05, 0) is 11.6 Å². The quantitative estimate of drug-likeness (QED) is 0.612. The van der Waals surface area contributed by atoms with Gasteiger partial charge in [-0.2, -0.15) is 0 Å². The molecule has 1 N–H and O–H groups in total. The molecule has 0 aliphatic carbocycles. The molecule has 1 nitrogen and oxygen atoms in total. The molecule has 1 aromatic carbocycles. The molecule has 0 heterocycles. The Bertz CT molecular complexity index is 416. The predicted molar refractivity (Wildman–Crippen MR) is 72.6 cm³/mol. The predicted octanol–water partition coefficient (Wildman–Crippen LogP) is 2.94. The largest absolute Gasteiger partial charge is 0.391 e. The van der Waals surface area contributed by atoms with Gasteiger partial charge in [-0.1, -0.05) is 55.9 Å². The van der Waals surface area contributed by atoms with Crippen LogP contribution in [0, 0.1) is 11.5 Å². The van der Waals surface area contributed by atoms with Gasteiger partial charge in [-0.25, -0.2) is 0 Å². The van der Waals surface area contributed by atoms with Crippen molar-refractivity contribution < 1.29 is 5.11 Å². The number of rotatable bonds is 2. The van der Waals surface area contributed by atoms with E-state index in [-0.39, 0.29) is 6.61 Å². The Morgan fingerprint density at radius 2 is 1.88 bits per heavy atom. The minimum absolute atomic E-state index is 0.00632. The highest BCUT2D eigenvalue weighted by Gasteiger charge is 2.07. The number of hydrogen-bond donors (Lipinski definition) is 1. The highest BCUT2D eigenvalue weighted by molar-refractivity contribution is 6.83. The Hall–Kier alpha value is -1.30. The first-order chi connectivity index (χ1) is 7.51. The molecule has 84 valence electrons. The molecule has 0 radical (unpaired) electrons. The maximum Gasteiger partial charge on any atom is 0.129 e. The summed E-state index contributed by atoms with van der Waals surface area (Å²) in [6.07, 6.45) is 1.94. The first-order valence-corrected chi connectivity index (χ1v) is 8.91. The van der Waals surface area contributed by atoms with E-state index in [9.17, 15) is 5.11 Å². The van der Waals surface area contributed by atoms with Gasteiger partial charge in [0.15, 0.2) is 0 Å². The Kier molecular flexibility index (Phi) is 4.54. The SMILES string of the molecule is C[Si](C)(C)C#C/C(=C/c1ccccc1)CO. The summed E-state index contributed by atoms with van der Waals surface area (Å²) in [6, 6.07) is 9.95. The standard InChI is InChI=1S/C14H18OSi/c1-16(2,3)10-9-14(12-15)11-13-7-5-4-6-8-13/h4-8,11,15H,12H2,1-3H3/b14-11-.